The Morgan fingerprint density at radius 3 is 2.35 bits per heavy atom. The summed E-state index contributed by atoms with van der Waals surface area (Å²) in [6.07, 6.45) is 0. The van der Waals surface area contributed by atoms with Crippen LogP contribution >= 0.6 is 0 Å². The second kappa shape index (κ2) is 8.90. The molecule has 5 heteroatoms. The van der Waals surface area contributed by atoms with Gasteiger partial charge in [0.2, 0.25) is 0 Å². The van der Waals surface area contributed by atoms with Crippen LogP contribution in [-0.4, -0.2) is 19.1 Å². The molecule has 1 aliphatic heterocycles. The number of fused-ring (bicyclic) bond motifs is 1. The van der Waals surface area contributed by atoms with Crippen molar-refractivity contribution in [1.29, 1.82) is 0 Å². The highest BCUT2D eigenvalue weighted by atomic mass is 16.5. The summed E-state index contributed by atoms with van der Waals surface area (Å²) in [5.74, 6) is 1.58. The highest BCUT2D eigenvalue weighted by molar-refractivity contribution is 5.69. The quantitative estimate of drug-likeness (QED) is 0.528. The molecule has 0 radical (unpaired) electrons. The van der Waals surface area contributed by atoms with E-state index in [4.69, 9.17) is 15.2 Å². The van der Waals surface area contributed by atoms with E-state index in [1.54, 1.807) is 14.2 Å². The topological polar surface area (TPSA) is 59.8 Å². The van der Waals surface area contributed by atoms with Gasteiger partial charge in [0.1, 0.15) is 11.5 Å². The fourth-order valence-corrected chi connectivity index (χ4v) is 4.26. The Kier molecular flexibility index (Phi) is 6.05. The number of anilines is 2. The van der Waals surface area contributed by atoms with Gasteiger partial charge in [-0.2, -0.15) is 0 Å². The van der Waals surface area contributed by atoms with Gasteiger partial charge in [0, 0.05) is 37.8 Å². The van der Waals surface area contributed by atoms with Crippen molar-refractivity contribution in [2.75, 3.05) is 25.3 Å². The zero-order chi connectivity index (χ0) is 22.0. The van der Waals surface area contributed by atoms with Crippen LogP contribution in [0.3, 0.4) is 0 Å². The Labute approximate surface area is 184 Å². The van der Waals surface area contributed by atoms with Gasteiger partial charge in [-0.3, -0.25) is 4.90 Å². The summed E-state index contributed by atoms with van der Waals surface area (Å²) in [7, 11) is 3.33. The van der Waals surface area contributed by atoms with Crippen molar-refractivity contribution in [3.63, 3.8) is 0 Å². The lowest BCUT2D eigenvalue weighted by Gasteiger charge is -2.16. The van der Waals surface area contributed by atoms with Crippen molar-refractivity contribution in [3.8, 4) is 11.5 Å². The minimum absolute atomic E-state index is 0.627. The van der Waals surface area contributed by atoms with E-state index in [2.05, 4.69) is 54.4 Å². The van der Waals surface area contributed by atoms with E-state index >= 15 is 0 Å². The van der Waals surface area contributed by atoms with Crippen LogP contribution in [0, 0.1) is 13.8 Å². The molecular formula is C26H31N3O2. The molecule has 1 aliphatic rings. The van der Waals surface area contributed by atoms with Gasteiger partial charge in [-0.15, -0.1) is 0 Å². The number of nitrogens with two attached hydrogens (primary N) is 1. The second-order valence-electron chi connectivity index (χ2n) is 8.31. The number of nitrogens with zero attached hydrogens (tertiary/aromatic N) is 1. The monoisotopic (exact) mass is 417 g/mol. The Balaban J connectivity index is 1.46. The number of nitrogens with one attached hydrogen (secondary N) is 1. The zero-order valence-corrected chi connectivity index (χ0v) is 18.8. The second-order valence-corrected chi connectivity index (χ2v) is 8.31. The molecule has 0 amide bonds. The van der Waals surface area contributed by atoms with Crippen LogP contribution in [0.1, 0.15) is 33.4 Å². The number of rotatable bonds is 7. The molecule has 1 heterocycles. The average Bonchev–Trinajstić information content (AvgIpc) is 3.14. The first-order chi connectivity index (χ1) is 15.0. The highest BCUT2D eigenvalue weighted by Gasteiger charge is 2.21. The number of hydrogen-bond donors (Lipinski definition) is 2. The molecule has 4 rings (SSSR count). The SMILES string of the molecule is COc1ccc(CNc2cc3c(cc2N)CN(Cc2ccc(C)cc2C)C3)c(OC)c1. The number of nitrogen functional groups attached to an aromatic ring is 1. The third kappa shape index (κ3) is 4.62. The first-order valence-corrected chi connectivity index (χ1v) is 10.6. The number of ether oxygens (including phenoxy) is 2. The van der Waals surface area contributed by atoms with Crippen LogP contribution in [0.4, 0.5) is 11.4 Å². The summed E-state index contributed by atoms with van der Waals surface area (Å²) < 4.78 is 10.8. The first kappa shape index (κ1) is 21.1. The van der Waals surface area contributed by atoms with E-state index in [1.807, 2.05) is 18.2 Å². The van der Waals surface area contributed by atoms with Crippen molar-refractivity contribution in [2.24, 2.45) is 0 Å². The number of aryl methyl sites for hydroxylation is 2. The number of benzene rings is 3. The van der Waals surface area contributed by atoms with Crippen LogP contribution in [0.25, 0.3) is 0 Å². The molecule has 0 saturated heterocycles. The molecule has 0 fully saturated rings. The van der Waals surface area contributed by atoms with Crippen LogP contribution in [0.2, 0.25) is 0 Å². The van der Waals surface area contributed by atoms with Crippen molar-refractivity contribution < 1.29 is 9.47 Å². The summed E-state index contributed by atoms with van der Waals surface area (Å²) in [6.45, 7) is 7.78. The predicted molar refractivity (Wildman–Crippen MR) is 127 cm³/mol. The lowest BCUT2D eigenvalue weighted by atomic mass is 10.1. The van der Waals surface area contributed by atoms with Gasteiger partial charge in [-0.25, -0.2) is 0 Å². The largest absolute Gasteiger partial charge is 0.497 e. The highest BCUT2D eigenvalue weighted by Crippen LogP contribution is 2.33. The van der Waals surface area contributed by atoms with E-state index < -0.39 is 0 Å². The Morgan fingerprint density at radius 2 is 1.65 bits per heavy atom. The fraction of sp³-hybridized carbons (Fsp3) is 0.308. The van der Waals surface area contributed by atoms with Crippen LogP contribution in [-0.2, 0) is 26.2 Å². The molecular weight excluding hydrogens is 386 g/mol. The number of hydrogen-bond acceptors (Lipinski definition) is 5. The van der Waals surface area contributed by atoms with Gasteiger partial charge in [-0.1, -0.05) is 23.8 Å². The Bertz CT molecular complexity index is 1090. The maximum Gasteiger partial charge on any atom is 0.127 e. The maximum absolute atomic E-state index is 6.38. The third-order valence-electron chi connectivity index (χ3n) is 6.02. The molecule has 0 spiro atoms. The zero-order valence-electron chi connectivity index (χ0n) is 18.8. The molecule has 162 valence electrons. The molecule has 31 heavy (non-hydrogen) atoms. The van der Waals surface area contributed by atoms with Gasteiger partial charge < -0.3 is 20.5 Å². The van der Waals surface area contributed by atoms with Crippen molar-refractivity contribution in [1.82, 2.24) is 4.90 Å². The lowest BCUT2D eigenvalue weighted by molar-refractivity contribution is 0.275. The summed E-state index contributed by atoms with van der Waals surface area (Å²) >= 11 is 0. The van der Waals surface area contributed by atoms with E-state index in [-0.39, 0.29) is 0 Å². The van der Waals surface area contributed by atoms with E-state index in [1.165, 1.54) is 27.8 Å². The van der Waals surface area contributed by atoms with Crippen LogP contribution < -0.4 is 20.5 Å². The van der Waals surface area contributed by atoms with E-state index in [0.717, 1.165) is 48.1 Å². The fourth-order valence-electron chi connectivity index (χ4n) is 4.26. The third-order valence-corrected chi connectivity index (χ3v) is 6.02. The standard InChI is InChI=1S/C26H31N3O2/c1-17-5-6-20(18(2)9-17)14-29-15-21-10-24(27)25(11-22(21)16-29)28-13-19-7-8-23(30-3)12-26(19)31-4/h5-12,28H,13-16,27H2,1-4H3. The normalized spacial score (nSPS) is 13.2. The molecule has 0 unspecified atom stereocenters. The smallest absolute Gasteiger partial charge is 0.127 e. The molecule has 3 aromatic carbocycles. The van der Waals surface area contributed by atoms with Crippen molar-refractivity contribution >= 4 is 11.4 Å². The average molecular weight is 418 g/mol. The Morgan fingerprint density at radius 1 is 0.903 bits per heavy atom. The van der Waals surface area contributed by atoms with Gasteiger partial charge in [0.05, 0.1) is 25.6 Å². The van der Waals surface area contributed by atoms with E-state index in [0.29, 0.717) is 6.54 Å². The van der Waals surface area contributed by atoms with Gasteiger partial charge in [0.25, 0.3) is 0 Å². The lowest BCUT2D eigenvalue weighted by Crippen LogP contribution is -2.16. The molecule has 0 aliphatic carbocycles. The molecule has 0 saturated carbocycles. The number of methoxy groups -OCH3 is 2. The first-order valence-electron chi connectivity index (χ1n) is 10.6. The summed E-state index contributed by atoms with van der Waals surface area (Å²) in [5.41, 5.74) is 15.9. The Hall–Kier alpha value is -3.18. The molecule has 3 N–H and O–H groups in total. The minimum atomic E-state index is 0.627. The van der Waals surface area contributed by atoms with Crippen LogP contribution in [0.5, 0.6) is 11.5 Å². The summed E-state index contributed by atoms with van der Waals surface area (Å²) in [4.78, 5) is 2.47. The van der Waals surface area contributed by atoms with Crippen molar-refractivity contribution in [2.45, 2.75) is 40.0 Å². The van der Waals surface area contributed by atoms with E-state index in [9.17, 15) is 0 Å². The van der Waals surface area contributed by atoms with Crippen molar-refractivity contribution in [3.05, 3.63) is 81.9 Å². The molecule has 5 nitrogen and oxygen atoms in total. The van der Waals surface area contributed by atoms with Gasteiger partial charge in [0.15, 0.2) is 0 Å². The molecule has 3 aromatic rings. The summed E-state index contributed by atoms with van der Waals surface area (Å²) in [6, 6.07) is 16.9. The molecule has 0 aromatic heterocycles. The van der Waals surface area contributed by atoms with Gasteiger partial charge in [-0.05, 0) is 60.4 Å². The minimum Gasteiger partial charge on any atom is -0.497 e. The van der Waals surface area contributed by atoms with Crippen LogP contribution in [0.15, 0.2) is 48.5 Å². The molecule has 0 atom stereocenters. The summed E-state index contributed by atoms with van der Waals surface area (Å²) in [5, 5.41) is 3.49. The van der Waals surface area contributed by atoms with Gasteiger partial charge >= 0.3 is 0 Å². The predicted octanol–water partition coefficient (Wildman–Crippen LogP) is 5.03. The molecule has 0 bridgehead atoms. The maximum atomic E-state index is 6.38.